The monoisotopic (exact) mass is 484 g/mol. The Morgan fingerprint density at radius 1 is 0.588 bits per heavy atom. The fraction of sp³-hybridized carbons (Fsp3) is 0.143. The molecule has 3 aromatic carbocycles. The number of aromatic nitrogens is 2. The van der Waals surface area contributed by atoms with Gasteiger partial charge in [-0.25, -0.2) is 9.97 Å². The number of rotatable bonds is 8. The molecular weight excluding hydrogens is 460 g/mol. The van der Waals surface area contributed by atoms with Crippen LogP contribution in [-0.2, 0) is 13.2 Å². The van der Waals surface area contributed by atoms with Crippen LogP contribution in [0.4, 0.5) is 0 Å². The van der Waals surface area contributed by atoms with E-state index < -0.39 is 0 Å². The fourth-order valence-corrected chi connectivity index (χ4v) is 4.84. The van der Waals surface area contributed by atoms with Crippen molar-refractivity contribution >= 4 is 22.7 Å². The molecule has 0 fully saturated rings. The second-order valence-electron chi connectivity index (χ2n) is 7.90. The van der Waals surface area contributed by atoms with Gasteiger partial charge in [0, 0.05) is 21.9 Å². The zero-order chi connectivity index (χ0) is 23.3. The van der Waals surface area contributed by atoms with Gasteiger partial charge in [0.1, 0.15) is 24.7 Å². The Kier molecular flexibility index (Phi) is 6.70. The van der Waals surface area contributed by atoms with Gasteiger partial charge in [-0.15, -0.1) is 22.7 Å². The quantitative estimate of drug-likeness (QED) is 0.226. The molecule has 0 radical (unpaired) electrons. The second kappa shape index (κ2) is 10.2. The highest BCUT2D eigenvalue weighted by atomic mass is 32.1. The topological polar surface area (TPSA) is 44.2 Å². The van der Waals surface area contributed by atoms with Crippen molar-refractivity contribution in [1.29, 1.82) is 0 Å². The summed E-state index contributed by atoms with van der Waals surface area (Å²) in [5.74, 6) is 1.67. The van der Waals surface area contributed by atoms with Crippen molar-refractivity contribution in [2.75, 3.05) is 0 Å². The summed E-state index contributed by atoms with van der Waals surface area (Å²) in [6.07, 6.45) is 0. The molecule has 0 bridgehead atoms. The minimum atomic E-state index is 0.483. The van der Waals surface area contributed by atoms with E-state index in [4.69, 9.17) is 9.47 Å². The number of thiazole rings is 2. The van der Waals surface area contributed by atoms with Gasteiger partial charge in [-0.1, -0.05) is 24.3 Å². The van der Waals surface area contributed by atoms with Crippen LogP contribution in [0.5, 0.6) is 11.5 Å². The molecule has 4 nitrogen and oxygen atoms in total. The first-order valence-corrected chi connectivity index (χ1v) is 12.8. The molecule has 0 saturated carbocycles. The van der Waals surface area contributed by atoms with Crippen molar-refractivity contribution in [1.82, 2.24) is 9.97 Å². The van der Waals surface area contributed by atoms with E-state index in [0.717, 1.165) is 55.2 Å². The Labute approximate surface area is 207 Å². The smallest absolute Gasteiger partial charge is 0.119 e. The van der Waals surface area contributed by atoms with E-state index in [1.54, 1.807) is 22.7 Å². The molecule has 0 aliphatic heterocycles. The molecule has 0 spiro atoms. The van der Waals surface area contributed by atoms with Crippen LogP contribution in [0.25, 0.3) is 22.5 Å². The lowest BCUT2D eigenvalue weighted by molar-refractivity contribution is 0.285. The van der Waals surface area contributed by atoms with E-state index in [1.807, 2.05) is 50.2 Å². The number of hydrogen-bond donors (Lipinski definition) is 0. The van der Waals surface area contributed by atoms with Gasteiger partial charge in [-0.2, -0.15) is 0 Å². The van der Waals surface area contributed by atoms with Crippen molar-refractivity contribution in [2.45, 2.75) is 27.1 Å². The van der Waals surface area contributed by atoms with Crippen LogP contribution >= 0.6 is 22.7 Å². The Balaban J connectivity index is 1.20. The van der Waals surface area contributed by atoms with Gasteiger partial charge >= 0.3 is 0 Å². The van der Waals surface area contributed by atoms with Crippen molar-refractivity contribution in [3.05, 3.63) is 105 Å². The van der Waals surface area contributed by atoms with E-state index in [1.165, 1.54) is 0 Å². The van der Waals surface area contributed by atoms with Gasteiger partial charge in [0.05, 0.1) is 21.4 Å². The molecule has 0 aliphatic rings. The zero-order valence-corrected chi connectivity index (χ0v) is 20.7. The molecule has 34 heavy (non-hydrogen) atoms. The van der Waals surface area contributed by atoms with Gasteiger partial charge < -0.3 is 9.47 Å². The number of nitrogens with zero attached hydrogens (tertiary/aromatic N) is 2. The molecule has 0 N–H and O–H groups in total. The van der Waals surface area contributed by atoms with Crippen molar-refractivity contribution < 1.29 is 9.47 Å². The molecule has 2 aromatic heterocycles. The molecule has 0 amide bonds. The summed E-state index contributed by atoms with van der Waals surface area (Å²) >= 11 is 3.32. The minimum absolute atomic E-state index is 0.483. The van der Waals surface area contributed by atoms with Gasteiger partial charge in [0.25, 0.3) is 0 Å². The molecule has 6 heteroatoms. The Bertz CT molecular complexity index is 1270. The summed E-state index contributed by atoms with van der Waals surface area (Å²) in [7, 11) is 0. The summed E-state index contributed by atoms with van der Waals surface area (Å²) < 4.78 is 12.1. The van der Waals surface area contributed by atoms with Gasteiger partial charge in [-0.3, -0.25) is 0 Å². The summed E-state index contributed by atoms with van der Waals surface area (Å²) in [5.41, 5.74) is 6.42. The maximum Gasteiger partial charge on any atom is 0.119 e. The van der Waals surface area contributed by atoms with Crippen LogP contribution in [-0.4, -0.2) is 9.97 Å². The van der Waals surface area contributed by atoms with E-state index in [-0.39, 0.29) is 0 Å². The summed E-state index contributed by atoms with van der Waals surface area (Å²) in [4.78, 5) is 9.09. The average Bonchev–Trinajstić information content (AvgIpc) is 3.51. The molecule has 0 unspecified atom stereocenters. The minimum Gasteiger partial charge on any atom is -0.489 e. The zero-order valence-electron chi connectivity index (χ0n) is 19.0. The normalized spacial score (nSPS) is 10.9. The lowest BCUT2D eigenvalue weighted by atomic mass is 10.1. The molecular formula is C28H24N2O2S2. The summed E-state index contributed by atoms with van der Waals surface area (Å²) in [5, 5.41) is 6.29. The maximum atomic E-state index is 6.07. The van der Waals surface area contributed by atoms with Crippen molar-refractivity contribution in [3.8, 4) is 34.0 Å². The Hall–Kier alpha value is -3.48. The number of hydrogen-bond acceptors (Lipinski definition) is 6. The van der Waals surface area contributed by atoms with Crippen LogP contribution in [0.3, 0.4) is 0 Å². The average molecular weight is 485 g/mol. The highest BCUT2D eigenvalue weighted by molar-refractivity contribution is 7.10. The van der Waals surface area contributed by atoms with Crippen LogP contribution < -0.4 is 9.47 Å². The second-order valence-corrected chi connectivity index (χ2v) is 10.0. The lowest BCUT2D eigenvalue weighted by Crippen LogP contribution is -2.03. The standard InChI is InChI=1S/C28H24N2O2S2/c1-19-29-27(17-33-19)21-7-11-25(12-8-21)31-15-23-5-3-4-6-24(23)16-32-26-13-9-22(10-14-26)28-18-34-20(2)30-28/h3-14,17-18H,15-16H2,1-2H3. The Morgan fingerprint density at radius 3 is 1.35 bits per heavy atom. The third-order valence-corrected chi connectivity index (χ3v) is 6.99. The fourth-order valence-electron chi connectivity index (χ4n) is 3.60. The first kappa shape index (κ1) is 22.3. The van der Waals surface area contributed by atoms with E-state index in [2.05, 4.69) is 57.1 Å². The molecule has 5 rings (SSSR count). The highest BCUT2D eigenvalue weighted by Gasteiger charge is 2.07. The van der Waals surface area contributed by atoms with Crippen LogP contribution in [0.2, 0.25) is 0 Å². The molecule has 0 saturated heterocycles. The van der Waals surface area contributed by atoms with Crippen LogP contribution in [0.15, 0.2) is 83.6 Å². The largest absolute Gasteiger partial charge is 0.489 e. The first-order valence-electron chi connectivity index (χ1n) is 11.0. The summed E-state index contributed by atoms with van der Waals surface area (Å²) in [6.45, 7) is 5.00. The first-order chi connectivity index (χ1) is 16.6. The highest BCUT2D eigenvalue weighted by Crippen LogP contribution is 2.26. The molecule has 0 aliphatic carbocycles. The molecule has 5 aromatic rings. The predicted octanol–water partition coefficient (Wildman–Crippen LogP) is 7.71. The van der Waals surface area contributed by atoms with Gasteiger partial charge in [-0.05, 0) is 73.5 Å². The number of ether oxygens (including phenoxy) is 2. The summed E-state index contributed by atoms with van der Waals surface area (Å²) in [6, 6.07) is 24.4. The molecule has 170 valence electrons. The van der Waals surface area contributed by atoms with Gasteiger partial charge in [0.2, 0.25) is 0 Å². The van der Waals surface area contributed by atoms with E-state index in [0.29, 0.717) is 13.2 Å². The Morgan fingerprint density at radius 2 is 1.00 bits per heavy atom. The van der Waals surface area contributed by atoms with E-state index in [9.17, 15) is 0 Å². The number of benzene rings is 3. The molecule has 2 heterocycles. The van der Waals surface area contributed by atoms with Crippen molar-refractivity contribution in [2.24, 2.45) is 0 Å². The van der Waals surface area contributed by atoms with Gasteiger partial charge in [0.15, 0.2) is 0 Å². The third kappa shape index (κ3) is 5.35. The SMILES string of the molecule is Cc1nc(-c2ccc(OCc3ccccc3COc3ccc(-c4csc(C)n4)cc3)cc2)cs1. The van der Waals surface area contributed by atoms with Crippen LogP contribution in [0, 0.1) is 13.8 Å². The number of aryl methyl sites for hydroxylation is 2. The van der Waals surface area contributed by atoms with Crippen molar-refractivity contribution in [3.63, 3.8) is 0 Å². The third-order valence-electron chi connectivity index (χ3n) is 5.45. The van der Waals surface area contributed by atoms with E-state index >= 15 is 0 Å². The lowest BCUT2D eigenvalue weighted by Gasteiger charge is -2.13. The molecule has 0 atom stereocenters. The van der Waals surface area contributed by atoms with Crippen LogP contribution in [0.1, 0.15) is 21.1 Å². The maximum absolute atomic E-state index is 6.07. The predicted molar refractivity (Wildman–Crippen MR) is 140 cm³/mol.